The highest BCUT2D eigenvalue weighted by molar-refractivity contribution is 5.81. The van der Waals surface area contributed by atoms with Gasteiger partial charge >= 0.3 is 0 Å². The molecule has 4 aliphatic heterocycles. The van der Waals surface area contributed by atoms with Crippen LogP contribution in [-0.2, 0) is 13.1 Å². The molecule has 0 N–H and O–H groups in total. The number of allylic oxidation sites excluding steroid dienone is 2. The van der Waals surface area contributed by atoms with Gasteiger partial charge < -0.3 is 14.7 Å². The molecule has 0 spiro atoms. The lowest BCUT2D eigenvalue weighted by atomic mass is 10.0. The first kappa shape index (κ1) is 21.2. The Morgan fingerprint density at radius 3 is 1.61 bits per heavy atom. The second-order valence-electron chi connectivity index (χ2n) is 10.4. The van der Waals surface area contributed by atoms with Crippen LogP contribution in [0.3, 0.4) is 0 Å². The van der Waals surface area contributed by atoms with Crippen LogP contribution in [0.2, 0.25) is 0 Å². The predicted molar refractivity (Wildman–Crippen MR) is 145 cm³/mol. The number of fused-ring (bicyclic) bond motifs is 6. The highest BCUT2D eigenvalue weighted by atomic mass is 15.7. The molecule has 0 fully saturated rings. The van der Waals surface area contributed by atoms with E-state index in [2.05, 4.69) is 131 Å². The van der Waals surface area contributed by atoms with E-state index in [0.717, 1.165) is 26.4 Å². The summed E-state index contributed by atoms with van der Waals surface area (Å²) in [4.78, 5) is 7.28. The van der Waals surface area contributed by atoms with Crippen molar-refractivity contribution in [1.82, 2.24) is 19.8 Å². The van der Waals surface area contributed by atoms with Crippen molar-refractivity contribution in [3.8, 4) is 0 Å². The van der Waals surface area contributed by atoms with Gasteiger partial charge in [-0.3, -0.25) is 10.0 Å². The van der Waals surface area contributed by atoms with Gasteiger partial charge in [0.05, 0.1) is 17.1 Å². The van der Waals surface area contributed by atoms with Crippen molar-refractivity contribution in [2.75, 3.05) is 18.2 Å². The van der Waals surface area contributed by atoms with Gasteiger partial charge in [-0.25, -0.2) is 0 Å². The molecule has 0 saturated heterocycles. The number of rotatable bonds is 1. The fraction of sp³-hybridized carbons (Fsp3) is 0.226. The van der Waals surface area contributed by atoms with Crippen LogP contribution in [0, 0.1) is 20.8 Å². The van der Waals surface area contributed by atoms with E-state index >= 15 is 0 Å². The maximum atomic E-state index is 2.45. The fourth-order valence-corrected chi connectivity index (χ4v) is 6.14. The van der Waals surface area contributed by atoms with Gasteiger partial charge in [0.2, 0.25) is 0 Å². The van der Waals surface area contributed by atoms with Crippen LogP contribution < -0.4 is 4.90 Å². The Bertz CT molecular complexity index is 1360. The Kier molecular flexibility index (Phi) is 4.68. The first-order valence-electron chi connectivity index (χ1n) is 12.7. The van der Waals surface area contributed by atoms with Crippen LogP contribution >= 0.6 is 0 Å². The molecule has 0 unspecified atom stereocenters. The molecule has 3 aromatic rings. The lowest BCUT2D eigenvalue weighted by Crippen LogP contribution is -2.43. The zero-order valence-corrected chi connectivity index (χ0v) is 21.1. The summed E-state index contributed by atoms with van der Waals surface area (Å²) < 4.78 is 0. The van der Waals surface area contributed by atoms with E-state index in [0.29, 0.717) is 0 Å². The summed E-state index contributed by atoms with van der Waals surface area (Å²) in [5.41, 5.74) is 12.7. The van der Waals surface area contributed by atoms with Gasteiger partial charge in [0.15, 0.2) is 0 Å². The molecule has 5 nitrogen and oxygen atoms in total. The third-order valence-corrected chi connectivity index (χ3v) is 7.54. The number of aryl methyl sites for hydroxylation is 3. The number of hydrogen-bond acceptors (Lipinski definition) is 5. The molecule has 0 atom stereocenters. The lowest BCUT2D eigenvalue weighted by molar-refractivity contribution is 0.0144. The Balaban J connectivity index is 1.41. The Labute approximate surface area is 213 Å². The molecule has 0 radical (unpaired) electrons. The minimum absolute atomic E-state index is 0.864. The molecular weight excluding hydrogens is 442 g/mol. The molecule has 4 heterocycles. The van der Waals surface area contributed by atoms with Crippen LogP contribution in [0.25, 0.3) is 0 Å². The zero-order chi connectivity index (χ0) is 24.4. The molecule has 36 heavy (non-hydrogen) atoms. The number of hydrazine groups is 1. The Morgan fingerprint density at radius 1 is 0.611 bits per heavy atom. The van der Waals surface area contributed by atoms with Crippen molar-refractivity contribution in [1.29, 1.82) is 0 Å². The van der Waals surface area contributed by atoms with Gasteiger partial charge in [0.1, 0.15) is 13.3 Å². The highest BCUT2D eigenvalue weighted by Crippen LogP contribution is 2.40. The second kappa shape index (κ2) is 7.95. The third-order valence-electron chi connectivity index (χ3n) is 7.54. The quantitative estimate of drug-likeness (QED) is 0.405. The minimum Gasteiger partial charge on any atom is -0.352 e. The molecule has 4 aliphatic rings. The largest absolute Gasteiger partial charge is 0.352 e. The molecule has 180 valence electrons. The van der Waals surface area contributed by atoms with Crippen molar-refractivity contribution in [2.24, 2.45) is 0 Å². The highest BCUT2D eigenvalue weighted by Gasteiger charge is 2.33. The van der Waals surface area contributed by atoms with Gasteiger partial charge in [-0.15, -0.1) is 0 Å². The van der Waals surface area contributed by atoms with Gasteiger partial charge in [0.25, 0.3) is 0 Å². The van der Waals surface area contributed by atoms with Crippen molar-refractivity contribution < 1.29 is 0 Å². The minimum atomic E-state index is 0.864. The first-order chi connectivity index (χ1) is 17.5. The van der Waals surface area contributed by atoms with E-state index in [1.54, 1.807) is 0 Å². The normalized spacial score (nSPS) is 17.9. The fourth-order valence-electron chi connectivity index (χ4n) is 6.14. The number of anilines is 3. The van der Waals surface area contributed by atoms with E-state index in [4.69, 9.17) is 0 Å². The second-order valence-corrected chi connectivity index (χ2v) is 10.4. The molecule has 8 bridgehead atoms. The lowest BCUT2D eigenvalue weighted by Gasteiger charge is -2.37. The van der Waals surface area contributed by atoms with Crippen molar-refractivity contribution in [2.45, 2.75) is 33.9 Å². The smallest absolute Gasteiger partial charge is 0.110 e. The van der Waals surface area contributed by atoms with E-state index in [9.17, 15) is 0 Å². The Morgan fingerprint density at radius 2 is 1.11 bits per heavy atom. The summed E-state index contributed by atoms with van der Waals surface area (Å²) in [5, 5.41) is 4.80. The summed E-state index contributed by atoms with van der Waals surface area (Å²) in [7, 11) is 0. The molecule has 0 aliphatic carbocycles. The molecule has 0 aromatic heterocycles. The van der Waals surface area contributed by atoms with Crippen molar-refractivity contribution in [3.63, 3.8) is 0 Å². The van der Waals surface area contributed by atoms with Gasteiger partial charge in [-0.2, -0.15) is 0 Å². The summed E-state index contributed by atoms with van der Waals surface area (Å²) in [6, 6.07) is 22.7. The van der Waals surface area contributed by atoms with Crippen LogP contribution in [0.4, 0.5) is 17.1 Å². The van der Waals surface area contributed by atoms with E-state index in [1.165, 1.54) is 56.3 Å². The molecule has 5 heteroatoms. The summed E-state index contributed by atoms with van der Waals surface area (Å²) in [6.45, 7) is 10.1. The first-order valence-corrected chi connectivity index (χ1v) is 12.7. The predicted octanol–water partition coefficient (Wildman–Crippen LogP) is 6.41. The van der Waals surface area contributed by atoms with Crippen LogP contribution in [-0.4, -0.2) is 33.2 Å². The molecule has 0 amide bonds. The van der Waals surface area contributed by atoms with E-state index in [-0.39, 0.29) is 0 Å². The standard InChI is InChI=1S/C31H31N5/c1-22-12-23(2)31(24(3)13-22)36-27-8-4-6-25(14-27)16-32-18-29-10-11-30-19-33(21-35(30)34(29)20-32)17-26-7-5-9-28(36)15-26/h4-15,18-19H,16-17,20-21H2,1-3H3. The maximum absolute atomic E-state index is 2.45. The maximum Gasteiger partial charge on any atom is 0.110 e. The van der Waals surface area contributed by atoms with Crippen molar-refractivity contribution in [3.05, 3.63) is 124 Å². The average Bonchev–Trinajstić information content (AvgIpc) is 3.44. The summed E-state index contributed by atoms with van der Waals surface area (Å²) in [5.74, 6) is 0. The third kappa shape index (κ3) is 3.46. The van der Waals surface area contributed by atoms with Gasteiger partial charge in [-0.05, 0) is 79.4 Å². The topological polar surface area (TPSA) is 16.2 Å². The number of nitrogens with zero attached hydrogens (tertiary/aromatic N) is 5. The monoisotopic (exact) mass is 473 g/mol. The van der Waals surface area contributed by atoms with E-state index in [1.807, 2.05) is 0 Å². The molecule has 3 aromatic carbocycles. The van der Waals surface area contributed by atoms with Gasteiger partial charge in [0, 0.05) is 36.9 Å². The van der Waals surface area contributed by atoms with Crippen molar-refractivity contribution >= 4 is 17.1 Å². The summed E-state index contributed by atoms with van der Waals surface area (Å²) >= 11 is 0. The van der Waals surface area contributed by atoms with E-state index < -0.39 is 0 Å². The van der Waals surface area contributed by atoms with Crippen LogP contribution in [0.1, 0.15) is 27.8 Å². The Hall–Kier alpha value is -4.12. The average molecular weight is 474 g/mol. The zero-order valence-electron chi connectivity index (χ0n) is 21.1. The molecule has 0 saturated carbocycles. The number of hydrogen-bond donors (Lipinski definition) is 0. The van der Waals surface area contributed by atoms with Crippen LogP contribution in [0.15, 0.2) is 96.6 Å². The SMILES string of the molecule is Cc1cc(C)c(N2c3cccc(c3)CN3C=C4C=CC5=CN(Cc6cccc2c6)CN5N4C3)c(C)c1. The van der Waals surface area contributed by atoms with Gasteiger partial charge in [-0.1, -0.05) is 42.0 Å². The van der Waals surface area contributed by atoms with Crippen LogP contribution in [0.5, 0.6) is 0 Å². The number of benzene rings is 3. The summed E-state index contributed by atoms with van der Waals surface area (Å²) in [6.07, 6.45) is 9.07. The molecule has 7 rings (SSSR count). The molecular formula is C31H31N5.